The van der Waals surface area contributed by atoms with Crippen LogP contribution in [0.15, 0.2) is 12.2 Å². The van der Waals surface area contributed by atoms with Crippen molar-refractivity contribution in [2.24, 2.45) is 35.0 Å². The molecule has 109 heavy (non-hydrogen) atoms. The van der Waals surface area contributed by atoms with E-state index in [1.807, 2.05) is 13.8 Å². The van der Waals surface area contributed by atoms with Gasteiger partial charge in [-0.05, 0) is 139 Å². The Hall–Kier alpha value is -6.86. The summed E-state index contributed by atoms with van der Waals surface area (Å²) in [5, 5.41) is 6.89. The molecule has 25 nitrogen and oxygen atoms in total. The Morgan fingerprint density at radius 3 is 1.90 bits per heavy atom. The van der Waals surface area contributed by atoms with E-state index in [1.54, 1.807) is 39.8 Å². The predicted octanol–water partition coefficient (Wildman–Crippen LogP) is 6.81. The summed E-state index contributed by atoms with van der Waals surface area (Å²) in [6, 6.07) is -12.3. The van der Waals surface area contributed by atoms with E-state index in [0.717, 1.165) is 31.5 Å². The summed E-state index contributed by atoms with van der Waals surface area (Å²) in [5.74, 6) is -14.5. The third-order valence-corrected chi connectivity index (χ3v) is 24.5. The van der Waals surface area contributed by atoms with Crippen molar-refractivity contribution >= 4 is 82.5 Å². The van der Waals surface area contributed by atoms with E-state index in [4.69, 9.17) is 16.3 Å². The van der Waals surface area contributed by atoms with Gasteiger partial charge >= 0.3 is 6.18 Å². The van der Waals surface area contributed by atoms with Crippen molar-refractivity contribution in [1.29, 1.82) is 0 Å². The first-order chi connectivity index (χ1) is 51.1. The number of hydrogen-bond acceptors (Lipinski definition) is 13. The fourth-order valence-electron chi connectivity index (χ4n) is 17.6. The lowest BCUT2D eigenvalue weighted by molar-refractivity contribution is -0.184. The average Bonchev–Trinajstić information content (AvgIpc) is 0.790. The molecule has 3 N–H and O–H groups in total. The lowest BCUT2D eigenvalue weighted by Crippen LogP contribution is -2.71. The molecule has 0 aromatic heterocycles. The summed E-state index contributed by atoms with van der Waals surface area (Å²) >= 11 is 6.10. The molecule has 4 saturated carbocycles. The van der Waals surface area contributed by atoms with Crippen LogP contribution in [0, 0.1) is 35.0 Å². The second-order valence-electron chi connectivity index (χ2n) is 32.7. The molecular formula is C76H118ClF7N12O13. The van der Waals surface area contributed by atoms with Crippen molar-refractivity contribution in [3.8, 4) is 0 Å². The highest BCUT2D eigenvalue weighted by Gasteiger charge is 2.60. The number of alkyl halides is 8. The zero-order valence-corrected chi connectivity index (χ0v) is 66.5. The van der Waals surface area contributed by atoms with Crippen LogP contribution in [0.3, 0.4) is 0 Å². The molecule has 0 radical (unpaired) electrons. The zero-order chi connectivity index (χ0) is 81.1. The Kier molecular flexibility index (Phi) is 31.6. The Labute approximate surface area is 641 Å². The number of carbonyl (C=O) groups is 12. The third-order valence-electron chi connectivity index (χ3n) is 24.0. The van der Waals surface area contributed by atoms with Crippen molar-refractivity contribution in [3.63, 3.8) is 0 Å². The molecule has 12 atom stereocenters. The minimum atomic E-state index is -4.50. The van der Waals surface area contributed by atoms with E-state index < -0.39 is 222 Å². The predicted molar refractivity (Wildman–Crippen MR) is 391 cm³/mol. The van der Waals surface area contributed by atoms with Crippen LogP contribution in [0.4, 0.5) is 30.7 Å². The molecule has 2 saturated heterocycles. The summed E-state index contributed by atoms with van der Waals surface area (Å²) in [4.78, 5) is 192. The van der Waals surface area contributed by atoms with Crippen LogP contribution in [0.5, 0.6) is 0 Å². The van der Waals surface area contributed by atoms with Gasteiger partial charge in [-0.1, -0.05) is 66.0 Å². The first-order valence-corrected chi connectivity index (χ1v) is 39.4. The van der Waals surface area contributed by atoms with Crippen LogP contribution in [0.25, 0.3) is 0 Å². The summed E-state index contributed by atoms with van der Waals surface area (Å²) in [5.41, 5.74) is -2.35. The number of nitrogens with zero attached hydrogens (tertiary/aromatic N) is 9. The monoisotopic (exact) mass is 1570 g/mol. The number of carbonyl (C=O) groups excluding carboxylic acids is 12. The minimum absolute atomic E-state index is 0.0101. The molecule has 0 aromatic rings. The summed E-state index contributed by atoms with van der Waals surface area (Å²) in [6.07, 6.45) is -9.43. The van der Waals surface area contributed by atoms with E-state index in [-0.39, 0.29) is 123 Å². The molecule has 7 rings (SSSR count). The number of halogens is 8. The SMILES string of the molecule is CCCN(C)C(=O)[C@@H]1CC(=O)N(C)[C@@H](CC(F)F)C(=O)N[C@@H]([C@@H](C)CC)C(=O)N(C)CC(=O)N(C)[C@H]2C/C=C\CCN(C2=O)[C@@H](CC2CCC(C(F)(F)F)CC2)C(=O)N(C)CC(=O)N[C@@H](CCC2CC(F)C(Cl)C(F)C2)C(=O)N2C[C@H](OCC)C[C@H]2C(=O)NC2(CC(C)(C)C2)C(=O)N(C)[C@@H](C2CCCC2)C(=O)N1C. The largest absolute Gasteiger partial charge is 0.391 e. The lowest BCUT2D eigenvalue weighted by Gasteiger charge is -2.54. The fraction of sp³-hybridized carbons (Fsp3) is 0.816. The smallest absolute Gasteiger partial charge is 0.377 e. The highest BCUT2D eigenvalue weighted by Crippen LogP contribution is 2.50. The highest BCUT2D eigenvalue weighted by molar-refractivity contribution is 6.21. The molecule has 33 heteroatoms. The highest BCUT2D eigenvalue weighted by atomic mass is 35.5. The molecule has 616 valence electrons. The molecule has 7 aliphatic rings. The van der Waals surface area contributed by atoms with Gasteiger partial charge in [0.15, 0.2) is 0 Å². The van der Waals surface area contributed by atoms with Gasteiger partial charge in [-0.15, -0.1) is 11.6 Å². The number of ether oxygens (including phenoxy) is 1. The van der Waals surface area contributed by atoms with Gasteiger partial charge in [-0.2, -0.15) is 13.2 Å². The fourth-order valence-corrected chi connectivity index (χ4v) is 17.8. The van der Waals surface area contributed by atoms with Gasteiger partial charge in [-0.25, -0.2) is 17.6 Å². The van der Waals surface area contributed by atoms with Gasteiger partial charge in [0.25, 0.3) is 0 Å². The molecular weight excluding hydrogens is 1460 g/mol. The van der Waals surface area contributed by atoms with Gasteiger partial charge < -0.3 is 64.8 Å². The second kappa shape index (κ2) is 38.6. The Morgan fingerprint density at radius 2 is 1.32 bits per heavy atom. The Balaban J connectivity index is 1.35. The lowest BCUT2D eigenvalue weighted by atomic mass is 9.58. The molecule has 12 amide bonds. The maximum Gasteiger partial charge on any atom is 0.391 e. The van der Waals surface area contributed by atoms with Gasteiger partial charge in [0, 0.05) is 88.4 Å². The van der Waals surface area contributed by atoms with Crippen LogP contribution >= 0.6 is 11.6 Å². The number of likely N-dealkylation sites (N-methyl/N-ethyl adjacent to an activating group) is 7. The summed E-state index contributed by atoms with van der Waals surface area (Å²) in [6.45, 7) is 8.84. The number of amides is 12. The van der Waals surface area contributed by atoms with E-state index in [2.05, 4.69) is 16.0 Å². The van der Waals surface area contributed by atoms with E-state index in [0.29, 0.717) is 32.1 Å². The average molecular weight is 1580 g/mol. The number of fused-ring (bicyclic) bond motifs is 3. The van der Waals surface area contributed by atoms with Gasteiger partial charge in [0.2, 0.25) is 77.3 Å². The van der Waals surface area contributed by atoms with E-state index in [9.17, 15) is 50.7 Å². The summed E-state index contributed by atoms with van der Waals surface area (Å²) < 4.78 is 109. The molecule has 3 aliphatic heterocycles. The number of rotatable bonds is 15. The van der Waals surface area contributed by atoms with E-state index in [1.165, 1.54) is 61.9 Å². The molecule has 3 heterocycles. The topological polar surface area (TPSA) is 279 Å². The molecule has 6 fully saturated rings. The maximum absolute atomic E-state index is 15.8. The summed E-state index contributed by atoms with van der Waals surface area (Å²) in [7, 11) is 9.01. The molecule has 4 aliphatic carbocycles. The molecule has 1 spiro atoms. The standard InChI is InChI=1S/C76H118ClF7N12O13/c1-14-31-88(7)68(103)56-38-60(98)92(11)54(37-58(80)81)65(100)86-63(44(4)15-2)71(106)90(9)41-61(99)91(10)53-24-18-17-21-32-95(70(53)105)57(35-45-25-28-48(29-26-45)76(82,83)84)69(104)89(8)40-59(97)85-52(30-27-46-33-50(78)62(77)51(79)34-46)67(102)96-39-49(109-16-3)36-55(96)66(101)87-75(42-74(5,6)43-75)73(108)94(13)64(72(107)93(56)12)47-22-19-20-23-47/h17-18,44-58,62-64H,14-16,19-43H2,1-13H3,(H,85,97)(H,86,100)(H,87,101)/b18-17-/t44-,45?,46?,48?,49+,50?,51?,52-,53-,54-,55-,56-,57-,62?,63-,64-/m0/s1. The number of nitrogens with one attached hydrogen (secondary N) is 3. The zero-order valence-electron chi connectivity index (χ0n) is 65.7. The normalized spacial score (nSPS) is 32.1. The Bertz CT molecular complexity index is 3250. The van der Waals surface area contributed by atoms with Gasteiger partial charge in [0.1, 0.15) is 66.2 Å². The van der Waals surface area contributed by atoms with Crippen LogP contribution in [0.2, 0.25) is 0 Å². The Morgan fingerprint density at radius 1 is 0.697 bits per heavy atom. The van der Waals surface area contributed by atoms with Crippen molar-refractivity contribution in [2.75, 3.05) is 88.7 Å². The molecule has 0 aromatic carbocycles. The van der Waals surface area contributed by atoms with E-state index >= 15 is 37.5 Å². The number of hydrogen-bond donors (Lipinski definition) is 3. The van der Waals surface area contributed by atoms with Gasteiger partial charge in [0.05, 0.1) is 36.9 Å². The first kappa shape index (κ1) is 89.3. The van der Waals surface area contributed by atoms with Crippen molar-refractivity contribution in [1.82, 2.24) is 60.0 Å². The first-order valence-electron chi connectivity index (χ1n) is 39.0. The van der Waals surface area contributed by atoms with Crippen molar-refractivity contribution in [3.05, 3.63) is 12.2 Å². The van der Waals surface area contributed by atoms with Crippen LogP contribution < -0.4 is 16.0 Å². The molecule has 2 unspecified atom stereocenters. The van der Waals surface area contributed by atoms with Crippen LogP contribution in [-0.4, -0.2) is 294 Å². The quantitative estimate of drug-likeness (QED) is 0.0865. The maximum atomic E-state index is 15.8. The van der Waals surface area contributed by atoms with Crippen LogP contribution in [-0.2, 0) is 62.3 Å². The van der Waals surface area contributed by atoms with Crippen molar-refractivity contribution < 1.29 is 93.0 Å². The minimum Gasteiger partial charge on any atom is -0.377 e. The third kappa shape index (κ3) is 22.1. The van der Waals surface area contributed by atoms with Gasteiger partial charge in [-0.3, -0.25) is 57.5 Å². The van der Waals surface area contributed by atoms with Crippen LogP contribution in [0.1, 0.15) is 183 Å². The second-order valence-corrected chi connectivity index (χ2v) is 33.2. The van der Waals surface area contributed by atoms with Crippen molar-refractivity contribution in [2.45, 2.75) is 273 Å². The molecule has 2 bridgehead atoms.